The number of carbonyl (C=O) groups is 1. The Bertz CT molecular complexity index is 579. The largest absolute Gasteiger partial charge is 0.354 e. The van der Waals surface area contributed by atoms with Gasteiger partial charge in [0.1, 0.15) is 5.82 Å². The van der Waals surface area contributed by atoms with Crippen molar-refractivity contribution in [2.24, 2.45) is 5.92 Å². The molecule has 20 heavy (non-hydrogen) atoms. The molecule has 0 aliphatic heterocycles. The third kappa shape index (κ3) is 4.06. The van der Waals surface area contributed by atoms with E-state index < -0.39 is 0 Å². The van der Waals surface area contributed by atoms with Gasteiger partial charge in [-0.05, 0) is 36.4 Å². The highest BCUT2D eigenvalue weighted by molar-refractivity contribution is 9.10. The maximum absolute atomic E-state index is 11.5. The summed E-state index contributed by atoms with van der Waals surface area (Å²) in [7, 11) is 0. The van der Waals surface area contributed by atoms with Gasteiger partial charge in [0.2, 0.25) is 5.91 Å². The molecular formula is C15H16BrN3O. The molecule has 0 fully saturated rings. The number of pyridine rings is 1. The first-order chi connectivity index (χ1) is 9.54. The quantitative estimate of drug-likeness (QED) is 0.882. The predicted molar refractivity (Wildman–Crippen MR) is 85.1 cm³/mol. The molecule has 0 unspecified atom stereocenters. The Balaban J connectivity index is 2.01. The van der Waals surface area contributed by atoms with Crippen LogP contribution in [-0.2, 0) is 4.79 Å². The van der Waals surface area contributed by atoms with Gasteiger partial charge in [-0.2, -0.15) is 0 Å². The molecule has 0 aliphatic rings. The van der Waals surface area contributed by atoms with E-state index in [1.54, 1.807) is 12.3 Å². The van der Waals surface area contributed by atoms with E-state index >= 15 is 0 Å². The summed E-state index contributed by atoms with van der Waals surface area (Å²) in [5.41, 5.74) is 1.85. The zero-order chi connectivity index (χ0) is 14.5. The molecule has 4 nitrogen and oxygen atoms in total. The van der Waals surface area contributed by atoms with Gasteiger partial charge in [-0.1, -0.05) is 29.8 Å². The number of benzene rings is 1. The minimum Gasteiger partial charge on any atom is -0.354 e. The van der Waals surface area contributed by atoms with Crippen LogP contribution in [0.4, 0.5) is 17.2 Å². The van der Waals surface area contributed by atoms with E-state index in [2.05, 4.69) is 31.5 Å². The molecule has 104 valence electrons. The summed E-state index contributed by atoms with van der Waals surface area (Å²) in [5, 5.41) is 5.99. The van der Waals surface area contributed by atoms with Crippen molar-refractivity contribution in [1.82, 2.24) is 4.98 Å². The molecule has 0 spiro atoms. The minimum atomic E-state index is -0.0580. The third-order valence-corrected chi connectivity index (χ3v) is 3.20. The van der Waals surface area contributed by atoms with Gasteiger partial charge in [0, 0.05) is 16.1 Å². The molecule has 1 heterocycles. The fourth-order valence-corrected chi connectivity index (χ4v) is 1.78. The van der Waals surface area contributed by atoms with Crippen molar-refractivity contribution in [2.75, 3.05) is 10.6 Å². The molecule has 0 bridgehead atoms. The smallest absolute Gasteiger partial charge is 0.228 e. The van der Waals surface area contributed by atoms with Crippen molar-refractivity contribution < 1.29 is 4.79 Å². The Morgan fingerprint density at radius 3 is 2.30 bits per heavy atom. The van der Waals surface area contributed by atoms with Crippen molar-refractivity contribution in [3.05, 3.63) is 47.1 Å². The number of rotatable bonds is 4. The lowest BCUT2D eigenvalue weighted by Crippen LogP contribution is -2.18. The Kier molecular flexibility index (Phi) is 4.74. The second-order valence-corrected chi connectivity index (χ2v) is 5.62. The molecular weight excluding hydrogens is 318 g/mol. The van der Waals surface area contributed by atoms with Crippen LogP contribution in [-0.4, -0.2) is 10.9 Å². The maximum atomic E-state index is 11.5. The minimum absolute atomic E-state index is 0.0360. The van der Waals surface area contributed by atoms with Crippen LogP contribution in [0, 0.1) is 5.92 Å². The van der Waals surface area contributed by atoms with Gasteiger partial charge in [-0.15, -0.1) is 0 Å². The van der Waals surface area contributed by atoms with Crippen molar-refractivity contribution in [1.29, 1.82) is 0 Å². The van der Waals surface area contributed by atoms with E-state index in [1.807, 2.05) is 44.2 Å². The number of nitrogens with one attached hydrogen (secondary N) is 2. The Hall–Kier alpha value is -1.88. The highest BCUT2D eigenvalue weighted by Gasteiger charge is 2.07. The molecule has 0 aliphatic carbocycles. The summed E-state index contributed by atoms with van der Waals surface area (Å²) in [6.07, 6.45) is 1.69. The molecule has 1 aromatic heterocycles. The first kappa shape index (κ1) is 14.5. The molecule has 5 heteroatoms. The lowest BCUT2D eigenvalue weighted by Gasteiger charge is -2.09. The first-order valence-electron chi connectivity index (χ1n) is 6.34. The summed E-state index contributed by atoms with van der Waals surface area (Å²) < 4.78 is 1.04. The maximum Gasteiger partial charge on any atom is 0.228 e. The number of halogens is 1. The number of hydrogen-bond donors (Lipinski definition) is 2. The summed E-state index contributed by atoms with van der Waals surface area (Å²) in [6, 6.07) is 11.5. The standard InChI is InChI=1S/C15H16BrN3O/c1-10(2)15(20)19-14-8-7-13(9-17-14)18-12-5-3-11(16)4-6-12/h3-10,18H,1-2H3,(H,17,19,20). The number of nitrogens with zero attached hydrogens (tertiary/aromatic N) is 1. The number of anilines is 3. The Labute approximate surface area is 126 Å². The van der Waals surface area contributed by atoms with E-state index in [1.165, 1.54) is 0 Å². The highest BCUT2D eigenvalue weighted by Crippen LogP contribution is 2.19. The fourth-order valence-electron chi connectivity index (χ4n) is 1.51. The molecule has 2 N–H and O–H groups in total. The average Bonchev–Trinajstić information content (AvgIpc) is 2.43. The van der Waals surface area contributed by atoms with Crippen molar-refractivity contribution in [3.8, 4) is 0 Å². The monoisotopic (exact) mass is 333 g/mol. The Morgan fingerprint density at radius 2 is 1.75 bits per heavy atom. The zero-order valence-corrected chi connectivity index (χ0v) is 12.9. The first-order valence-corrected chi connectivity index (χ1v) is 7.13. The molecule has 1 aromatic carbocycles. The van der Waals surface area contributed by atoms with Crippen molar-refractivity contribution in [2.45, 2.75) is 13.8 Å². The van der Waals surface area contributed by atoms with E-state index in [0.29, 0.717) is 5.82 Å². The lowest BCUT2D eigenvalue weighted by molar-refractivity contribution is -0.118. The lowest BCUT2D eigenvalue weighted by atomic mass is 10.2. The SMILES string of the molecule is CC(C)C(=O)Nc1ccc(Nc2ccc(Br)cc2)cn1. The van der Waals surface area contributed by atoms with Gasteiger partial charge in [0.15, 0.2) is 0 Å². The van der Waals surface area contributed by atoms with E-state index in [4.69, 9.17) is 0 Å². The summed E-state index contributed by atoms with van der Waals surface area (Å²) in [6.45, 7) is 3.69. The topological polar surface area (TPSA) is 54.0 Å². The number of aromatic nitrogens is 1. The fraction of sp³-hybridized carbons (Fsp3) is 0.200. The van der Waals surface area contributed by atoms with Gasteiger partial charge in [-0.25, -0.2) is 4.98 Å². The second kappa shape index (κ2) is 6.52. The molecule has 0 atom stereocenters. The summed E-state index contributed by atoms with van der Waals surface area (Å²) >= 11 is 3.39. The number of carbonyl (C=O) groups excluding carboxylic acids is 1. The molecule has 0 saturated carbocycles. The van der Waals surface area contributed by atoms with Gasteiger partial charge in [-0.3, -0.25) is 4.79 Å². The van der Waals surface area contributed by atoms with Crippen molar-refractivity contribution >= 4 is 39.0 Å². The third-order valence-electron chi connectivity index (χ3n) is 2.67. The average molecular weight is 334 g/mol. The molecule has 2 aromatic rings. The van der Waals surface area contributed by atoms with Crippen LogP contribution in [0.15, 0.2) is 47.1 Å². The van der Waals surface area contributed by atoms with Gasteiger partial charge in [0.05, 0.1) is 11.9 Å². The summed E-state index contributed by atoms with van der Waals surface area (Å²) in [5.74, 6) is 0.466. The van der Waals surface area contributed by atoms with Crippen LogP contribution in [0.25, 0.3) is 0 Å². The van der Waals surface area contributed by atoms with Crippen LogP contribution < -0.4 is 10.6 Å². The van der Waals surface area contributed by atoms with Crippen LogP contribution in [0.5, 0.6) is 0 Å². The van der Waals surface area contributed by atoms with Crippen LogP contribution in [0.2, 0.25) is 0 Å². The van der Waals surface area contributed by atoms with Gasteiger partial charge < -0.3 is 10.6 Å². The summed E-state index contributed by atoms with van der Waals surface area (Å²) in [4.78, 5) is 15.8. The second-order valence-electron chi connectivity index (χ2n) is 4.71. The molecule has 0 radical (unpaired) electrons. The number of amides is 1. The van der Waals surface area contributed by atoms with Crippen LogP contribution in [0.1, 0.15) is 13.8 Å². The van der Waals surface area contributed by atoms with E-state index in [0.717, 1.165) is 15.8 Å². The Morgan fingerprint density at radius 1 is 1.10 bits per heavy atom. The van der Waals surface area contributed by atoms with Gasteiger partial charge in [0.25, 0.3) is 0 Å². The van der Waals surface area contributed by atoms with E-state index in [-0.39, 0.29) is 11.8 Å². The van der Waals surface area contributed by atoms with Crippen LogP contribution >= 0.6 is 15.9 Å². The van der Waals surface area contributed by atoms with Crippen LogP contribution in [0.3, 0.4) is 0 Å². The van der Waals surface area contributed by atoms with Crippen molar-refractivity contribution in [3.63, 3.8) is 0 Å². The highest BCUT2D eigenvalue weighted by atomic mass is 79.9. The molecule has 0 saturated heterocycles. The van der Waals surface area contributed by atoms with E-state index in [9.17, 15) is 4.79 Å². The molecule has 2 rings (SSSR count). The zero-order valence-electron chi connectivity index (χ0n) is 11.4. The number of hydrogen-bond acceptors (Lipinski definition) is 3. The predicted octanol–water partition coefficient (Wildman–Crippen LogP) is 4.18. The van der Waals surface area contributed by atoms with Gasteiger partial charge >= 0.3 is 0 Å². The molecule has 1 amide bonds. The normalized spacial score (nSPS) is 10.4.